The van der Waals surface area contributed by atoms with Gasteiger partial charge in [-0.15, -0.1) is 17.0 Å². The van der Waals surface area contributed by atoms with Gasteiger partial charge in [0.05, 0.1) is 5.33 Å². The number of benzene rings is 2. The zero-order valence-electron chi connectivity index (χ0n) is 14.4. The zero-order chi connectivity index (χ0) is 16.8. The summed E-state index contributed by atoms with van der Waals surface area (Å²) in [5.74, 6) is 0.353. The minimum absolute atomic E-state index is 0. The van der Waals surface area contributed by atoms with Gasteiger partial charge in [-0.3, -0.25) is 9.69 Å². The van der Waals surface area contributed by atoms with Gasteiger partial charge < -0.3 is 0 Å². The number of halogens is 2. The normalized spacial score (nSPS) is 16.8. The van der Waals surface area contributed by atoms with Gasteiger partial charge >= 0.3 is 0 Å². The Morgan fingerprint density at radius 1 is 0.920 bits per heavy atom. The van der Waals surface area contributed by atoms with E-state index in [-0.39, 0.29) is 22.4 Å². The molecule has 0 aromatic heterocycles. The summed E-state index contributed by atoms with van der Waals surface area (Å²) in [5.41, 5.74) is 2.40. The summed E-state index contributed by atoms with van der Waals surface area (Å²) in [5, 5.41) is 0.457. The van der Waals surface area contributed by atoms with Crippen LogP contribution in [-0.4, -0.2) is 29.1 Å². The molecule has 1 heterocycles. The maximum absolute atomic E-state index is 12.7. The zero-order valence-corrected chi connectivity index (χ0v) is 17.7. The Labute approximate surface area is 169 Å². The van der Waals surface area contributed by atoms with Crippen LogP contribution in [0.2, 0.25) is 0 Å². The summed E-state index contributed by atoms with van der Waals surface area (Å²) in [6.07, 6.45) is 2.75. The monoisotopic (exact) mass is 465 g/mol. The van der Waals surface area contributed by atoms with Gasteiger partial charge in [0, 0.05) is 12.0 Å². The van der Waals surface area contributed by atoms with E-state index in [1.54, 1.807) is 0 Å². The molecule has 3 rings (SSSR count). The summed E-state index contributed by atoms with van der Waals surface area (Å²) < 4.78 is 0. The molecule has 2 aromatic carbocycles. The van der Waals surface area contributed by atoms with Crippen LogP contribution in [0, 0.1) is 5.41 Å². The Balaban J connectivity index is 0.00000225. The molecule has 1 saturated heterocycles. The molecule has 0 atom stereocenters. The van der Waals surface area contributed by atoms with Gasteiger partial charge in [0.15, 0.2) is 0 Å². The highest BCUT2D eigenvalue weighted by Crippen LogP contribution is 2.37. The molecule has 0 spiro atoms. The van der Waals surface area contributed by atoms with Gasteiger partial charge in [-0.25, -0.2) is 0 Å². The maximum Gasteiger partial charge on any atom is 0.149 e. The van der Waals surface area contributed by atoms with E-state index < -0.39 is 0 Å². The lowest BCUT2D eigenvalue weighted by Gasteiger charge is -2.41. The Kier molecular flexibility index (Phi) is 7.85. The molecule has 0 radical (unpaired) electrons. The molecule has 2 nitrogen and oxygen atoms in total. The number of rotatable bonds is 6. The van der Waals surface area contributed by atoms with E-state index in [0.717, 1.165) is 38.9 Å². The van der Waals surface area contributed by atoms with Crippen LogP contribution in [0.4, 0.5) is 0 Å². The second-order valence-electron chi connectivity index (χ2n) is 6.76. The van der Waals surface area contributed by atoms with Gasteiger partial charge in [-0.2, -0.15) is 0 Å². The number of alkyl halides is 1. The van der Waals surface area contributed by atoms with Crippen LogP contribution in [0.25, 0.3) is 0 Å². The summed E-state index contributed by atoms with van der Waals surface area (Å²) in [7, 11) is 0. The Morgan fingerprint density at radius 3 is 1.96 bits per heavy atom. The molecule has 1 aliphatic rings. The first kappa shape index (κ1) is 20.3. The fourth-order valence-corrected chi connectivity index (χ4v) is 4.26. The highest BCUT2D eigenvalue weighted by molar-refractivity contribution is 9.09. The minimum atomic E-state index is -0.210. The van der Waals surface area contributed by atoms with Crippen molar-refractivity contribution in [1.29, 1.82) is 0 Å². The van der Waals surface area contributed by atoms with Crippen LogP contribution in [0.5, 0.6) is 0 Å². The first-order valence-corrected chi connectivity index (χ1v) is 9.73. The average molecular weight is 467 g/mol. The number of carbonyl (C=O) groups excluding carboxylic acids is 1. The standard InChI is InChI=1S/C21H24BrNO.BrH/c22-16-20(24)21(15-18-7-3-1-4-8-18)11-13-23(14-12-21)17-19-9-5-2-6-10-19;/h1-10H,11-17H2;1H. The van der Waals surface area contributed by atoms with Crippen molar-refractivity contribution in [3.8, 4) is 0 Å². The van der Waals surface area contributed by atoms with Crippen molar-refractivity contribution in [3.63, 3.8) is 0 Å². The van der Waals surface area contributed by atoms with E-state index in [1.165, 1.54) is 11.1 Å². The van der Waals surface area contributed by atoms with Crippen LogP contribution < -0.4 is 0 Å². The number of hydrogen-bond acceptors (Lipinski definition) is 2. The molecule has 0 saturated carbocycles. The molecule has 0 unspecified atom stereocenters. The average Bonchev–Trinajstić information content (AvgIpc) is 2.64. The van der Waals surface area contributed by atoms with Crippen LogP contribution in [0.1, 0.15) is 24.0 Å². The number of hydrogen-bond donors (Lipinski definition) is 0. The first-order valence-electron chi connectivity index (χ1n) is 8.61. The Morgan fingerprint density at radius 2 is 1.44 bits per heavy atom. The molecule has 0 bridgehead atoms. The van der Waals surface area contributed by atoms with E-state index >= 15 is 0 Å². The smallest absolute Gasteiger partial charge is 0.149 e. The Bertz CT molecular complexity index is 652. The summed E-state index contributed by atoms with van der Waals surface area (Å²) in [4.78, 5) is 15.2. The molecule has 0 aliphatic carbocycles. The van der Waals surface area contributed by atoms with Gasteiger partial charge in [-0.05, 0) is 43.5 Å². The highest BCUT2D eigenvalue weighted by Gasteiger charge is 2.40. The first-order chi connectivity index (χ1) is 11.7. The number of Topliss-reactive ketones (excluding diaryl/α,β-unsaturated/α-hetero) is 1. The fraction of sp³-hybridized carbons (Fsp3) is 0.381. The molecule has 1 aliphatic heterocycles. The molecular weight excluding hydrogens is 442 g/mol. The van der Waals surface area contributed by atoms with E-state index in [4.69, 9.17) is 0 Å². The topological polar surface area (TPSA) is 20.3 Å². The third kappa shape index (κ3) is 5.25. The SMILES string of the molecule is Br.O=C(CBr)C1(Cc2ccccc2)CCN(Cc2ccccc2)CC1. The molecule has 0 N–H and O–H groups in total. The predicted octanol–water partition coefficient (Wildman–Crippen LogP) is 5.05. The number of nitrogens with zero attached hydrogens (tertiary/aromatic N) is 1. The van der Waals surface area contributed by atoms with Crippen molar-refractivity contribution < 1.29 is 4.79 Å². The quantitative estimate of drug-likeness (QED) is 0.555. The molecule has 1 fully saturated rings. The minimum Gasteiger partial charge on any atom is -0.299 e. The fourth-order valence-electron chi connectivity index (χ4n) is 3.66. The molecule has 2 aromatic rings. The van der Waals surface area contributed by atoms with Gasteiger partial charge in [0.2, 0.25) is 0 Å². The van der Waals surface area contributed by atoms with E-state index in [9.17, 15) is 4.79 Å². The number of likely N-dealkylation sites (tertiary alicyclic amines) is 1. The summed E-state index contributed by atoms with van der Waals surface area (Å²) in [6.45, 7) is 2.95. The van der Waals surface area contributed by atoms with Gasteiger partial charge in [0.25, 0.3) is 0 Å². The molecular formula is C21H25Br2NO. The maximum atomic E-state index is 12.7. The van der Waals surface area contributed by atoms with Gasteiger partial charge in [-0.1, -0.05) is 76.6 Å². The Hall–Kier alpha value is -0.970. The van der Waals surface area contributed by atoms with E-state index in [1.807, 2.05) is 6.07 Å². The molecule has 25 heavy (non-hydrogen) atoms. The lowest BCUT2D eigenvalue weighted by Crippen LogP contribution is -2.45. The number of carbonyl (C=O) groups is 1. The van der Waals surface area contributed by atoms with Crippen LogP contribution in [-0.2, 0) is 17.8 Å². The third-order valence-electron chi connectivity index (χ3n) is 5.16. The van der Waals surface area contributed by atoms with Gasteiger partial charge in [0.1, 0.15) is 5.78 Å². The predicted molar refractivity (Wildman–Crippen MR) is 113 cm³/mol. The summed E-state index contributed by atoms with van der Waals surface area (Å²) in [6, 6.07) is 21.0. The van der Waals surface area contributed by atoms with Crippen molar-refractivity contribution >= 4 is 38.7 Å². The summed E-state index contributed by atoms with van der Waals surface area (Å²) >= 11 is 3.40. The van der Waals surface area contributed by atoms with Crippen molar-refractivity contribution in [2.24, 2.45) is 5.41 Å². The van der Waals surface area contributed by atoms with Crippen molar-refractivity contribution in [2.75, 3.05) is 18.4 Å². The lowest BCUT2D eigenvalue weighted by atomic mass is 9.71. The second kappa shape index (κ2) is 9.65. The number of piperidine rings is 1. The third-order valence-corrected chi connectivity index (χ3v) is 5.67. The van der Waals surface area contributed by atoms with Crippen LogP contribution in [0.3, 0.4) is 0 Å². The largest absolute Gasteiger partial charge is 0.299 e. The number of ketones is 1. The molecule has 134 valence electrons. The van der Waals surface area contributed by atoms with E-state index in [0.29, 0.717) is 11.1 Å². The lowest BCUT2D eigenvalue weighted by molar-refractivity contribution is -0.128. The van der Waals surface area contributed by atoms with Crippen molar-refractivity contribution in [1.82, 2.24) is 4.90 Å². The van der Waals surface area contributed by atoms with Crippen molar-refractivity contribution in [2.45, 2.75) is 25.8 Å². The molecule has 0 amide bonds. The van der Waals surface area contributed by atoms with Crippen LogP contribution >= 0.6 is 32.9 Å². The van der Waals surface area contributed by atoms with Crippen LogP contribution in [0.15, 0.2) is 60.7 Å². The van der Waals surface area contributed by atoms with Crippen molar-refractivity contribution in [3.05, 3.63) is 71.8 Å². The molecule has 4 heteroatoms. The highest BCUT2D eigenvalue weighted by atomic mass is 79.9. The van der Waals surface area contributed by atoms with E-state index in [2.05, 4.69) is 75.4 Å². The second-order valence-corrected chi connectivity index (χ2v) is 7.32.